The smallest absolute Gasteiger partial charge is 0.243 e. The van der Waals surface area contributed by atoms with Crippen LogP contribution in [0.5, 0.6) is 0 Å². The van der Waals surface area contributed by atoms with Gasteiger partial charge < -0.3 is 5.32 Å². The van der Waals surface area contributed by atoms with Crippen LogP contribution in [0.4, 0.5) is 0 Å². The normalized spacial score (nSPS) is 26.4. The molecule has 2 fully saturated rings. The van der Waals surface area contributed by atoms with Gasteiger partial charge in [0.15, 0.2) is 0 Å². The summed E-state index contributed by atoms with van der Waals surface area (Å²) in [5.41, 5.74) is 2.70. The van der Waals surface area contributed by atoms with Crippen molar-refractivity contribution in [3.05, 3.63) is 29.3 Å². The fourth-order valence-corrected chi connectivity index (χ4v) is 6.18. The molecule has 4 rings (SSSR count). The lowest BCUT2D eigenvalue weighted by Crippen LogP contribution is -2.37. The Balaban J connectivity index is 0.00000156. The Hall–Kier alpha value is -0.620. The molecular formula is C17H25ClN2O2S. The molecule has 1 aliphatic carbocycles. The van der Waals surface area contributed by atoms with Crippen molar-refractivity contribution in [1.82, 2.24) is 9.62 Å². The fraction of sp³-hybridized carbons (Fsp3) is 0.647. The number of fused-ring (bicyclic) bond motifs is 1. The maximum atomic E-state index is 13.1. The topological polar surface area (TPSA) is 49.4 Å². The predicted octanol–water partition coefficient (Wildman–Crippen LogP) is 2.71. The summed E-state index contributed by atoms with van der Waals surface area (Å²) < 4.78 is 27.9. The summed E-state index contributed by atoms with van der Waals surface area (Å²) in [5.74, 6) is 0. The number of sulfonamides is 1. The van der Waals surface area contributed by atoms with Crippen LogP contribution in [0.25, 0.3) is 0 Å². The van der Waals surface area contributed by atoms with E-state index in [1.54, 1.807) is 10.4 Å². The van der Waals surface area contributed by atoms with E-state index in [2.05, 4.69) is 12.2 Å². The zero-order valence-corrected chi connectivity index (χ0v) is 15.2. The third kappa shape index (κ3) is 2.82. The Morgan fingerprint density at radius 2 is 2.04 bits per heavy atom. The maximum Gasteiger partial charge on any atom is 0.243 e. The van der Waals surface area contributed by atoms with Gasteiger partial charge in [-0.2, -0.15) is 4.31 Å². The molecule has 128 valence electrons. The summed E-state index contributed by atoms with van der Waals surface area (Å²) in [6.07, 6.45) is 5.59. The molecule has 1 aromatic rings. The standard InChI is InChI=1S/C17H24N2O2S.ClH/c1-13-10-17(6-2-7-17)12-19(13)22(20,21)16-4-3-15-11-18-8-5-14(15)9-16;/h3-4,9,13,18H,2,5-8,10-12H2,1H3;1H. The highest BCUT2D eigenvalue weighted by atomic mass is 35.5. The van der Waals surface area contributed by atoms with Crippen molar-refractivity contribution in [2.45, 2.75) is 56.5 Å². The molecular weight excluding hydrogens is 332 g/mol. The van der Waals surface area contributed by atoms with E-state index in [0.29, 0.717) is 4.90 Å². The highest BCUT2D eigenvalue weighted by Gasteiger charge is 2.49. The molecule has 1 saturated heterocycles. The van der Waals surface area contributed by atoms with E-state index in [1.165, 1.54) is 30.4 Å². The van der Waals surface area contributed by atoms with Gasteiger partial charge in [-0.05, 0) is 67.8 Å². The first-order valence-corrected chi connectivity index (χ1v) is 9.79. The Bertz CT molecular complexity index is 701. The highest BCUT2D eigenvalue weighted by molar-refractivity contribution is 7.89. The van der Waals surface area contributed by atoms with E-state index in [1.807, 2.05) is 12.1 Å². The lowest BCUT2D eigenvalue weighted by Gasteiger charge is -2.38. The summed E-state index contributed by atoms with van der Waals surface area (Å²) in [6, 6.07) is 5.81. The minimum Gasteiger partial charge on any atom is -0.312 e. The van der Waals surface area contributed by atoms with Crippen molar-refractivity contribution in [2.24, 2.45) is 5.41 Å². The van der Waals surface area contributed by atoms with Crippen LogP contribution in [0.2, 0.25) is 0 Å². The van der Waals surface area contributed by atoms with Gasteiger partial charge in [0.2, 0.25) is 10.0 Å². The fourth-order valence-electron chi connectivity index (χ4n) is 4.39. The van der Waals surface area contributed by atoms with Crippen molar-refractivity contribution < 1.29 is 8.42 Å². The van der Waals surface area contributed by atoms with Crippen LogP contribution in [0.1, 0.15) is 43.7 Å². The van der Waals surface area contributed by atoms with Gasteiger partial charge in [-0.25, -0.2) is 8.42 Å². The molecule has 1 atom stereocenters. The molecule has 1 unspecified atom stereocenters. The SMILES string of the molecule is CC1CC2(CCC2)CN1S(=O)(=O)c1ccc2c(c1)CCNC2.Cl. The lowest BCUT2D eigenvalue weighted by molar-refractivity contribution is 0.152. The van der Waals surface area contributed by atoms with Gasteiger partial charge in [-0.1, -0.05) is 12.5 Å². The second-order valence-corrected chi connectivity index (χ2v) is 9.20. The van der Waals surface area contributed by atoms with E-state index < -0.39 is 10.0 Å². The van der Waals surface area contributed by atoms with E-state index in [4.69, 9.17) is 0 Å². The van der Waals surface area contributed by atoms with Crippen molar-refractivity contribution >= 4 is 22.4 Å². The van der Waals surface area contributed by atoms with E-state index in [9.17, 15) is 8.42 Å². The summed E-state index contributed by atoms with van der Waals surface area (Å²) in [4.78, 5) is 0.483. The van der Waals surface area contributed by atoms with Crippen molar-refractivity contribution in [1.29, 1.82) is 0 Å². The lowest BCUT2D eigenvalue weighted by atomic mass is 9.68. The molecule has 1 N–H and O–H groups in total. The molecule has 0 radical (unpaired) electrons. The highest BCUT2D eigenvalue weighted by Crippen LogP contribution is 2.51. The number of hydrogen-bond acceptors (Lipinski definition) is 3. The minimum absolute atomic E-state index is 0. The van der Waals surface area contributed by atoms with Crippen molar-refractivity contribution in [3.8, 4) is 0 Å². The Morgan fingerprint density at radius 3 is 2.70 bits per heavy atom. The Labute approximate surface area is 145 Å². The molecule has 0 bridgehead atoms. The third-order valence-corrected chi connectivity index (χ3v) is 7.75. The first-order chi connectivity index (χ1) is 10.5. The molecule has 4 nitrogen and oxygen atoms in total. The van der Waals surface area contributed by atoms with Crippen LogP contribution in [-0.2, 0) is 23.0 Å². The second kappa shape index (κ2) is 6.03. The molecule has 6 heteroatoms. The second-order valence-electron chi connectivity index (χ2n) is 7.31. The van der Waals surface area contributed by atoms with Gasteiger partial charge in [0, 0.05) is 19.1 Å². The number of nitrogens with zero attached hydrogens (tertiary/aromatic N) is 1. The molecule has 23 heavy (non-hydrogen) atoms. The molecule has 0 aromatic heterocycles. The first-order valence-electron chi connectivity index (χ1n) is 8.35. The van der Waals surface area contributed by atoms with E-state index in [-0.39, 0.29) is 23.9 Å². The number of rotatable bonds is 2. The molecule has 1 spiro atoms. The number of benzene rings is 1. The molecule has 1 saturated carbocycles. The first kappa shape index (κ1) is 17.2. The van der Waals surface area contributed by atoms with E-state index >= 15 is 0 Å². The third-order valence-electron chi connectivity index (χ3n) is 5.80. The summed E-state index contributed by atoms with van der Waals surface area (Å²) in [7, 11) is -3.36. The number of nitrogens with one attached hydrogen (secondary N) is 1. The molecule has 1 aromatic carbocycles. The monoisotopic (exact) mass is 356 g/mol. The van der Waals surface area contributed by atoms with E-state index in [0.717, 1.165) is 32.5 Å². The molecule has 0 amide bonds. The van der Waals surface area contributed by atoms with Crippen molar-refractivity contribution in [2.75, 3.05) is 13.1 Å². The zero-order chi connectivity index (χ0) is 15.4. The van der Waals surface area contributed by atoms with Crippen LogP contribution in [-0.4, -0.2) is 31.9 Å². The number of hydrogen-bond donors (Lipinski definition) is 1. The average molecular weight is 357 g/mol. The summed E-state index contributed by atoms with van der Waals surface area (Å²) in [6.45, 7) is 4.56. The zero-order valence-electron chi connectivity index (χ0n) is 13.5. The molecule has 3 aliphatic rings. The largest absolute Gasteiger partial charge is 0.312 e. The minimum atomic E-state index is -3.36. The maximum absolute atomic E-state index is 13.1. The average Bonchev–Trinajstić information content (AvgIpc) is 2.85. The van der Waals surface area contributed by atoms with Crippen LogP contribution >= 0.6 is 12.4 Å². The summed E-state index contributed by atoms with van der Waals surface area (Å²) in [5, 5.41) is 3.33. The van der Waals surface area contributed by atoms with Gasteiger partial charge in [0.05, 0.1) is 4.90 Å². The van der Waals surface area contributed by atoms with Crippen molar-refractivity contribution in [3.63, 3.8) is 0 Å². The predicted molar refractivity (Wildman–Crippen MR) is 93.4 cm³/mol. The van der Waals surface area contributed by atoms with Crippen LogP contribution in [0, 0.1) is 5.41 Å². The number of halogens is 1. The van der Waals surface area contributed by atoms with Gasteiger partial charge in [0.1, 0.15) is 0 Å². The Morgan fingerprint density at radius 1 is 1.26 bits per heavy atom. The molecule has 2 heterocycles. The van der Waals surface area contributed by atoms with Gasteiger partial charge in [-0.15, -0.1) is 12.4 Å². The van der Waals surface area contributed by atoms with Crippen LogP contribution in [0.15, 0.2) is 23.1 Å². The van der Waals surface area contributed by atoms with Crippen LogP contribution in [0.3, 0.4) is 0 Å². The van der Waals surface area contributed by atoms with Gasteiger partial charge >= 0.3 is 0 Å². The Kier molecular flexibility index (Phi) is 4.51. The van der Waals surface area contributed by atoms with Gasteiger partial charge in [-0.3, -0.25) is 0 Å². The quantitative estimate of drug-likeness (QED) is 0.886. The van der Waals surface area contributed by atoms with Gasteiger partial charge in [0.25, 0.3) is 0 Å². The summed E-state index contributed by atoms with van der Waals surface area (Å²) >= 11 is 0. The molecule has 2 aliphatic heterocycles. The van der Waals surface area contributed by atoms with Crippen LogP contribution < -0.4 is 5.32 Å².